The monoisotopic (exact) mass is 271 g/mol. The molecule has 19 heavy (non-hydrogen) atoms. The summed E-state index contributed by atoms with van der Waals surface area (Å²) in [5, 5.41) is 4.53. The van der Waals surface area contributed by atoms with Gasteiger partial charge in [-0.15, -0.1) is 0 Å². The first-order valence-corrected chi connectivity index (χ1v) is 7.02. The number of rotatable bonds is 4. The molecule has 1 atom stereocenters. The molecule has 3 nitrogen and oxygen atoms in total. The Morgan fingerprint density at radius 2 is 2.16 bits per heavy atom. The van der Waals surface area contributed by atoms with Crippen molar-refractivity contribution in [2.24, 2.45) is 11.7 Å². The van der Waals surface area contributed by atoms with Crippen LogP contribution in [-0.4, -0.2) is 16.0 Å². The molecule has 0 radical (unpaired) electrons. The zero-order chi connectivity index (χ0) is 13.4. The van der Waals surface area contributed by atoms with Gasteiger partial charge in [-0.2, -0.15) is 0 Å². The number of thiocarbonyl (C=S) groups is 1. The number of nitrogens with two attached hydrogens (primary N) is 1. The summed E-state index contributed by atoms with van der Waals surface area (Å²) >= 11 is 5.14. The minimum Gasteiger partial charge on any atom is -0.389 e. The Kier molecular flexibility index (Phi) is 3.11. The molecule has 1 aliphatic carbocycles. The molecular weight excluding hydrogens is 254 g/mol. The van der Waals surface area contributed by atoms with Gasteiger partial charge in [0, 0.05) is 11.4 Å². The zero-order valence-electron chi connectivity index (χ0n) is 10.9. The van der Waals surface area contributed by atoms with Gasteiger partial charge in [0.05, 0.1) is 11.1 Å². The largest absolute Gasteiger partial charge is 0.389 e. The van der Waals surface area contributed by atoms with E-state index >= 15 is 0 Å². The molecule has 1 unspecified atom stereocenters. The fraction of sp³-hybridized carbons (Fsp3) is 0.333. The van der Waals surface area contributed by atoms with E-state index in [0.717, 1.165) is 28.2 Å². The predicted octanol–water partition coefficient (Wildman–Crippen LogP) is 3.08. The summed E-state index contributed by atoms with van der Waals surface area (Å²) < 4.78 is 0. The first-order chi connectivity index (χ1) is 9.15. The van der Waals surface area contributed by atoms with Crippen molar-refractivity contribution in [3.63, 3.8) is 0 Å². The molecule has 1 aliphatic rings. The van der Waals surface area contributed by atoms with Crippen molar-refractivity contribution in [2.45, 2.75) is 25.8 Å². The molecule has 1 aromatic carbocycles. The molecule has 1 saturated carbocycles. The second-order valence-electron chi connectivity index (χ2n) is 5.21. The fourth-order valence-corrected chi connectivity index (χ4v) is 2.50. The number of benzene rings is 1. The van der Waals surface area contributed by atoms with E-state index in [1.165, 1.54) is 12.8 Å². The normalized spacial score (nSPS) is 16.3. The van der Waals surface area contributed by atoms with E-state index in [0.29, 0.717) is 11.0 Å². The van der Waals surface area contributed by atoms with Crippen molar-refractivity contribution in [1.82, 2.24) is 4.98 Å². The molecule has 1 aromatic heterocycles. The highest BCUT2D eigenvalue weighted by Crippen LogP contribution is 2.34. The van der Waals surface area contributed by atoms with Gasteiger partial charge in [0.2, 0.25) is 0 Å². The molecule has 0 amide bonds. The van der Waals surface area contributed by atoms with Gasteiger partial charge in [-0.25, -0.2) is 4.98 Å². The lowest BCUT2D eigenvalue weighted by Gasteiger charge is -2.17. The van der Waals surface area contributed by atoms with Crippen LogP contribution in [-0.2, 0) is 0 Å². The molecule has 3 N–H and O–H groups in total. The van der Waals surface area contributed by atoms with E-state index in [-0.39, 0.29) is 0 Å². The molecular formula is C15H17N3S. The van der Waals surface area contributed by atoms with E-state index in [1.54, 1.807) is 0 Å². The second-order valence-corrected chi connectivity index (χ2v) is 5.65. The number of aromatic nitrogens is 1. The molecule has 2 aromatic rings. The van der Waals surface area contributed by atoms with E-state index < -0.39 is 0 Å². The maximum Gasteiger partial charge on any atom is 0.137 e. The third kappa shape index (κ3) is 2.54. The molecule has 0 bridgehead atoms. The number of para-hydroxylation sites is 1. The Hall–Kier alpha value is -1.68. The maximum absolute atomic E-state index is 5.82. The van der Waals surface area contributed by atoms with Crippen LogP contribution < -0.4 is 11.1 Å². The minimum atomic E-state index is 0.392. The number of hydrogen-bond acceptors (Lipinski definition) is 3. The van der Waals surface area contributed by atoms with Gasteiger partial charge in [0.1, 0.15) is 10.8 Å². The molecule has 1 heterocycles. The molecule has 0 spiro atoms. The number of pyridine rings is 1. The van der Waals surface area contributed by atoms with Crippen LogP contribution in [0.25, 0.3) is 10.9 Å². The van der Waals surface area contributed by atoms with Crippen LogP contribution in [0.4, 0.5) is 5.82 Å². The highest BCUT2D eigenvalue weighted by molar-refractivity contribution is 7.80. The van der Waals surface area contributed by atoms with Crippen LogP contribution >= 0.6 is 12.2 Å². The second kappa shape index (κ2) is 4.78. The lowest BCUT2D eigenvalue weighted by Crippen LogP contribution is -2.22. The Balaban J connectivity index is 2.03. The summed E-state index contributed by atoms with van der Waals surface area (Å²) in [7, 11) is 0. The topological polar surface area (TPSA) is 50.9 Å². The van der Waals surface area contributed by atoms with E-state index in [4.69, 9.17) is 18.0 Å². The van der Waals surface area contributed by atoms with Crippen LogP contribution in [0.5, 0.6) is 0 Å². The first kappa shape index (κ1) is 12.4. The lowest BCUT2D eigenvalue weighted by molar-refractivity contribution is 0.691. The molecule has 0 saturated heterocycles. The third-order valence-electron chi connectivity index (χ3n) is 3.68. The summed E-state index contributed by atoms with van der Waals surface area (Å²) in [5.74, 6) is 1.57. The van der Waals surface area contributed by atoms with Crippen molar-refractivity contribution in [2.75, 3.05) is 5.32 Å². The fourth-order valence-electron chi connectivity index (χ4n) is 2.34. The summed E-state index contributed by atoms with van der Waals surface area (Å²) in [6, 6.07) is 10.5. The van der Waals surface area contributed by atoms with Gasteiger partial charge in [-0.3, -0.25) is 0 Å². The summed E-state index contributed by atoms with van der Waals surface area (Å²) in [6.45, 7) is 2.19. The Morgan fingerprint density at radius 3 is 2.84 bits per heavy atom. The van der Waals surface area contributed by atoms with Gasteiger partial charge in [-0.1, -0.05) is 30.4 Å². The van der Waals surface area contributed by atoms with Crippen LogP contribution in [0.3, 0.4) is 0 Å². The Labute approximate surface area is 118 Å². The molecule has 3 rings (SSSR count). The smallest absolute Gasteiger partial charge is 0.137 e. The van der Waals surface area contributed by atoms with Crippen LogP contribution in [0.1, 0.15) is 25.3 Å². The average molecular weight is 271 g/mol. The van der Waals surface area contributed by atoms with Crippen molar-refractivity contribution in [1.29, 1.82) is 0 Å². The van der Waals surface area contributed by atoms with Crippen molar-refractivity contribution in [3.05, 3.63) is 35.9 Å². The predicted molar refractivity (Wildman–Crippen MR) is 83.4 cm³/mol. The summed E-state index contributed by atoms with van der Waals surface area (Å²) in [6.07, 6.45) is 2.59. The van der Waals surface area contributed by atoms with Crippen molar-refractivity contribution >= 4 is 33.9 Å². The highest BCUT2D eigenvalue weighted by atomic mass is 32.1. The minimum absolute atomic E-state index is 0.392. The number of nitrogens with zero attached hydrogens (tertiary/aromatic N) is 1. The highest BCUT2D eigenvalue weighted by Gasteiger charge is 2.28. The van der Waals surface area contributed by atoms with E-state index in [9.17, 15) is 0 Å². The van der Waals surface area contributed by atoms with Gasteiger partial charge in [-0.05, 0) is 37.8 Å². The number of anilines is 1. The maximum atomic E-state index is 5.82. The molecule has 4 heteroatoms. The number of fused-ring (bicyclic) bond motifs is 1. The van der Waals surface area contributed by atoms with Crippen molar-refractivity contribution < 1.29 is 0 Å². The Bertz CT molecular complexity index is 634. The number of nitrogens with one attached hydrogen (secondary N) is 1. The van der Waals surface area contributed by atoms with Gasteiger partial charge < -0.3 is 11.1 Å². The van der Waals surface area contributed by atoms with Gasteiger partial charge in [0.25, 0.3) is 0 Å². The number of hydrogen-bond donors (Lipinski definition) is 2. The SMILES string of the molecule is CC(Nc1nc2ccccc2cc1C(N)=S)C1CC1. The van der Waals surface area contributed by atoms with Crippen molar-refractivity contribution in [3.8, 4) is 0 Å². The Morgan fingerprint density at radius 1 is 1.42 bits per heavy atom. The van der Waals surface area contributed by atoms with E-state index in [1.807, 2.05) is 30.3 Å². The van der Waals surface area contributed by atoms with E-state index in [2.05, 4.69) is 17.2 Å². The average Bonchev–Trinajstić information content (AvgIpc) is 3.22. The lowest BCUT2D eigenvalue weighted by atomic mass is 10.1. The molecule has 98 valence electrons. The molecule has 0 aliphatic heterocycles. The third-order valence-corrected chi connectivity index (χ3v) is 3.90. The zero-order valence-corrected chi connectivity index (χ0v) is 11.7. The summed E-state index contributed by atoms with van der Waals surface area (Å²) in [5.41, 5.74) is 7.62. The summed E-state index contributed by atoms with van der Waals surface area (Å²) in [4.78, 5) is 5.06. The van der Waals surface area contributed by atoms with Gasteiger partial charge in [0.15, 0.2) is 0 Å². The molecule has 1 fully saturated rings. The van der Waals surface area contributed by atoms with Crippen LogP contribution in [0.15, 0.2) is 30.3 Å². The quantitative estimate of drug-likeness (QED) is 0.839. The first-order valence-electron chi connectivity index (χ1n) is 6.61. The van der Waals surface area contributed by atoms with Crippen LogP contribution in [0, 0.1) is 5.92 Å². The van der Waals surface area contributed by atoms with Gasteiger partial charge >= 0.3 is 0 Å². The van der Waals surface area contributed by atoms with Crippen LogP contribution in [0.2, 0.25) is 0 Å². The standard InChI is InChI=1S/C15H17N3S/c1-9(10-6-7-10)17-15-12(14(16)19)8-11-4-2-3-5-13(11)18-15/h2-5,8-10H,6-7H2,1H3,(H2,16,19)(H,17,18).